The van der Waals surface area contributed by atoms with E-state index in [1.54, 1.807) is 4.90 Å². The monoisotopic (exact) mass is 409 g/mol. The number of amides is 1. The molecule has 160 valence electrons. The summed E-state index contributed by atoms with van der Waals surface area (Å²) in [6.07, 6.45) is 1.43. The number of hydrogen-bond donors (Lipinski definition) is 1. The number of benzene rings is 2. The Morgan fingerprint density at radius 2 is 1.63 bits per heavy atom. The van der Waals surface area contributed by atoms with Gasteiger partial charge in [-0.25, -0.2) is 4.79 Å². The van der Waals surface area contributed by atoms with Crippen LogP contribution in [0.1, 0.15) is 26.2 Å². The molecule has 1 aliphatic heterocycles. The number of methoxy groups -OCH3 is 1. The molecule has 0 spiro atoms. The van der Waals surface area contributed by atoms with Crippen molar-refractivity contribution in [3.63, 3.8) is 0 Å². The van der Waals surface area contributed by atoms with Gasteiger partial charge in [-0.2, -0.15) is 0 Å². The number of likely N-dealkylation sites (tertiary alicyclic amines) is 1. The molecule has 1 N–H and O–H groups in total. The third-order valence-electron chi connectivity index (χ3n) is 5.77. The van der Waals surface area contributed by atoms with Crippen molar-refractivity contribution in [2.75, 3.05) is 43.5 Å². The highest BCUT2D eigenvalue weighted by Crippen LogP contribution is 2.35. The number of anilines is 2. The van der Waals surface area contributed by atoms with E-state index in [0.717, 1.165) is 37.6 Å². The molecule has 0 radical (unpaired) electrons. The highest BCUT2D eigenvalue weighted by atomic mass is 16.5. The number of nitrogens with one attached hydrogen (secondary N) is 1. The highest BCUT2D eigenvalue weighted by molar-refractivity contribution is 6.02. The minimum absolute atomic E-state index is 0.0641. The molecule has 6 nitrogen and oxygen atoms in total. The van der Waals surface area contributed by atoms with E-state index in [9.17, 15) is 9.59 Å². The predicted octanol–water partition coefficient (Wildman–Crippen LogP) is 3.55. The summed E-state index contributed by atoms with van der Waals surface area (Å²) in [7, 11) is 1.40. The summed E-state index contributed by atoms with van der Waals surface area (Å²) in [5, 5.41) is 3.42. The lowest BCUT2D eigenvalue weighted by molar-refractivity contribution is -0.150. The molecule has 2 aromatic rings. The molecule has 0 aliphatic carbocycles. The van der Waals surface area contributed by atoms with Gasteiger partial charge in [-0.05, 0) is 37.1 Å². The quantitative estimate of drug-likeness (QED) is 0.676. The number of carbonyl (C=O) groups excluding carboxylic acids is 2. The zero-order valence-electron chi connectivity index (χ0n) is 17.8. The van der Waals surface area contributed by atoms with Gasteiger partial charge in [-0.15, -0.1) is 0 Å². The molecule has 6 heteroatoms. The van der Waals surface area contributed by atoms with Gasteiger partial charge >= 0.3 is 5.97 Å². The average Bonchev–Trinajstić information content (AvgIpc) is 2.81. The molecule has 2 aromatic carbocycles. The number of carbonyl (C=O) groups is 2. The zero-order valence-corrected chi connectivity index (χ0v) is 17.8. The van der Waals surface area contributed by atoms with Gasteiger partial charge in [0.05, 0.1) is 7.11 Å². The number of rotatable bonds is 8. The Morgan fingerprint density at radius 3 is 2.20 bits per heavy atom. The van der Waals surface area contributed by atoms with Crippen LogP contribution in [0.4, 0.5) is 11.4 Å². The number of para-hydroxylation sites is 2. The van der Waals surface area contributed by atoms with E-state index < -0.39 is 5.54 Å². The SMILES string of the molecule is CCC(=O)N(c1ccccc1)C1(C(=O)OC)CCN(CCNc2ccccc2)CC1. The summed E-state index contributed by atoms with van der Waals surface area (Å²) in [5.41, 5.74) is 0.878. The minimum atomic E-state index is -0.966. The normalized spacial score (nSPS) is 15.9. The van der Waals surface area contributed by atoms with E-state index in [0.29, 0.717) is 19.3 Å². The van der Waals surface area contributed by atoms with Crippen molar-refractivity contribution in [2.24, 2.45) is 0 Å². The van der Waals surface area contributed by atoms with E-state index in [-0.39, 0.29) is 11.9 Å². The van der Waals surface area contributed by atoms with Gasteiger partial charge in [0.2, 0.25) is 5.91 Å². The van der Waals surface area contributed by atoms with Gasteiger partial charge in [-0.3, -0.25) is 9.69 Å². The number of hydrogen-bond acceptors (Lipinski definition) is 5. The highest BCUT2D eigenvalue weighted by Gasteiger charge is 2.49. The van der Waals surface area contributed by atoms with Crippen LogP contribution in [0.15, 0.2) is 60.7 Å². The van der Waals surface area contributed by atoms with Gasteiger partial charge in [0, 0.05) is 44.0 Å². The first-order valence-electron chi connectivity index (χ1n) is 10.6. The largest absolute Gasteiger partial charge is 0.467 e. The Hall–Kier alpha value is -2.86. The molecule has 0 bridgehead atoms. The maximum atomic E-state index is 13.0. The first kappa shape index (κ1) is 21.8. The van der Waals surface area contributed by atoms with Crippen LogP contribution in [0.3, 0.4) is 0 Å². The predicted molar refractivity (Wildman–Crippen MR) is 120 cm³/mol. The standard InChI is InChI=1S/C24H31N3O3/c1-3-22(28)27(21-12-8-5-9-13-21)24(23(29)30-2)14-17-26(18-15-24)19-16-25-20-10-6-4-7-11-20/h4-13,25H,3,14-19H2,1-2H3. The van der Waals surface area contributed by atoms with E-state index in [1.807, 2.05) is 67.6 Å². The summed E-state index contributed by atoms with van der Waals surface area (Å²) in [5.74, 6) is -0.402. The summed E-state index contributed by atoms with van der Waals surface area (Å²) in [4.78, 5) is 29.9. The summed E-state index contributed by atoms with van der Waals surface area (Å²) in [6, 6.07) is 19.6. The molecule has 1 aliphatic rings. The van der Waals surface area contributed by atoms with Gasteiger partial charge in [0.25, 0.3) is 0 Å². The summed E-state index contributed by atoms with van der Waals surface area (Å²) in [6.45, 7) is 4.98. The molecule has 1 fully saturated rings. The van der Waals surface area contributed by atoms with E-state index >= 15 is 0 Å². The van der Waals surface area contributed by atoms with Gasteiger partial charge in [-0.1, -0.05) is 43.3 Å². The molecular weight excluding hydrogens is 378 g/mol. The molecule has 1 saturated heterocycles. The summed E-state index contributed by atoms with van der Waals surface area (Å²) >= 11 is 0. The van der Waals surface area contributed by atoms with Crippen LogP contribution in [-0.4, -0.2) is 55.6 Å². The fraction of sp³-hybridized carbons (Fsp3) is 0.417. The van der Waals surface area contributed by atoms with Crippen LogP contribution in [0.25, 0.3) is 0 Å². The maximum Gasteiger partial charge on any atom is 0.332 e. The van der Waals surface area contributed by atoms with Crippen molar-refractivity contribution < 1.29 is 14.3 Å². The van der Waals surface area contributed by atoms with Gasteiger partial charge in [0.15, 0.2) is 0 Å². The Labute approximate surface area is 178 Å². The van der Waals surface area contributed by atoms with Crippen molar-refractivity contribution in [2.45, 2.75) is 31.7 Å². The Balaban J connectivity index is 1.72. The third-order valence-corrected chi connectivity index (χ3v) is 5.77. The lowest BCUT2D eigenvalue weighted by atomic mass is 9.84. The van der Waals surface area contributed by atoms with Crippen LogP contribution >= 0.6 is 0 Å². The lowest BCUT2D eigenvalue weighted by Crippen LogP contribution is -2.62. The molecule has 3 rings (SSSR count). The molecule has 0 unspecified atom stereocenters. The minimum Gasteiger partial charge on any atom is -0.467 e. The first-order chi connectivity index (χ1) is 14.6. The fourth-order valence-electron chi connectivity index (χ4n) is 4.13. The van der Waals surface area contributed by atoms with Gasteiger partial charge < -0.3 is 15.0 Å². The number of esters is 1. The van der Waals surface area contributed by atoms with Crippen molar-refractivity contribution in [1.82, 2.24) is 4.90 Å². The van der Waals surface area contributed by atoms with E-state index in [2.05, 4.69) is 10.2 Å². The topological polar surface area (TPSA) is 61.9 Å². The van der Waals surface area contributed by atoms with Crippen LogP contribution in [0.2, 0.25) is 0 Å². The molecule has 1 amide bonds. The molecule has 0 atom stereocenters. The molecule has 0 aromatic heterocycles. The smallest absolute Gasteiger partial charge is 0.332 e. The number of piperidine rings is 1. The average molecular weight is 410 g/mol. The van der Waals surface area contributed by atoms with E-state index in [4.69, 9.17) is 4.74 Å². The molecule has 30 heavy (non-hydrogen) atoms. The Bertz CT molecular complexity index is 818. The van der Waals surface area contributed by atoms with Crippen LogP contribution < -0.4 is 10.2 Å². The van der Waals surface area contributed by atoms with Crippen molar-refractivity contribution in [1.29, 1.82) is 0 Å². The van der Waals surface area contributed by atoms with Crippen molar-refractivity contribution in [3.8, 4) is 0 Å². The second kappa shape index (κ2) is 10.3. The van der Waals surface area contributed by atoms with Crippen molar-refractivity contribution >= 4 is 23.3 Å². The molecule has 1 heterocycles. The van der Waals surface area contributed by atoms with E-state index in [1.165, 1.54) is 7.11 Å². The van der Waals surface area contributed by atoms with Gasteiger partial charge in [0.1, 0.15) is 5.54 Å². The van der Waals surface area contributed by atoms with Crippen molar-refractivity contribution in [3.05, 3.63) is 60.7 Å². The number of nitrogens with zero attached hydrogens (tertiary/aromatic N) is 2. The lowest BCUT2D eigenvalue weighted by Gasteiger charge is -2.46. The molecular formula is C24H31N3O3. The Kier molecular flexibility index (Phi) is 7.46. The summed E-state index contributed by atoms with van der Waals surface area (Å²) < 4.78 is 5.20. The van der Waals surface area contributed by atoms with Crippen LogP contribution in [0, 0.1) is 0 Å². The number of ether oxygens (including phenoxy) is 1. The maximum absolute atomic E-state index is 13.0. The fourth-order valence-corrected chi connectivity index (χ4v) is 4.13. The zero-order chi connectivity index (χ0) is 21.4. The second-order valence-corrected chi connectivity index (χ2v) is 7.58. The Morgan fingerprint density at radius 1 is 1.03 bits per heavy atom. The van der Waals surface area contributed by atoms with Crippen LogP contribution in [-0.2, 0) is 14.3 Å². The molecule has 0 saturated carbocycles. The third kappa shape index (κ3) is 4.82. The van der Waals surface area contributed by atoms with Crippen LogP contribution in [0.5, 0.6) is 0 Å². The first-order valence-corrected chi connectivity index (χ1v) is 10.6. The second-order valence-electron chi connectivity index (χ2n) is 7.58.